The molecule has 0 saturated heterocycles. The molecule has 2 N–H and O–H groups in total. The van der Waals surface area contributed by atoms with Crippen molar-refractivity contribution in [3.63, 3.8) is 0 Å². The third-order valence-electron chi connectivity index (χ3n) is 2.53. The van der Waals surface area contributed by atoms with Crippen LogP contribution in [0.1, 0.15) is 4.88 Å². The normalized spacial score (nSPS) is 10.3. The van der Waals surface area contributed by atoms with Crippen molar-refractivity contribution in [2.45, 2.75) is 6.54 Å². The molecule has 1 aromatic heterocycles. The molecule has 0 unspecified atom stereocenters. The lowest BCUT2D eigenvalue weighted by Crippen LogP contribution is -2.07. The molecule has 0 fully saturated rings. The van der Waals surface area contributed by atoms with Gasteiger partial charge in [0.15, 0.2) is 5.13 Å². The van der Waals surface area contributed by atoms with Gasteiger partial charge in [0.05, 0.1) is 18.5 Å². The predicted molar refractivity (Wildman–Crippen MR) is 78.4 cm³/mol. The number of phenolic OH excluding ortho intramolecular Hbond substituents is 1. The fraction of sp³-hybridized carbons (Fsp3) is 0.308. The van der Waals surface area contributed by atoms with Gasteiger partial charge in [0.25, 0.3) is 0 Å². The highest BCUT2D eigenvalue weighted by Gasteiger charge is 2.12. The maximum atomic E-state index is 9.41. The van der Waals surface area contributed by atoms with E-state index in [-0.39, 0.29) is 5.75 Å². The third kappa shape index (κ3) is 3.29. The molecule has 0 aliphatic rings. The van der Waals surface area contributed by atoms with Crippen molar-refractivity contribution in [3.05, 3.63) is 29.1 Å². The second-order valence-corrected chi connectivity index (χ2v) is 5.29. The van der Waals surface area contributed by atoms with E-state index in [4.69, 9.17) is 4.74 Å². The molecular weight excluding hydrogens is 262 g/mol. The standard InChI is InChI=1S/C13H17N3O2S/c1-16(2)13-15-12(18-3)11(19-13)8-14-9-5-4-6-10(17)7-9/h4-7,14,17H,8H2,1-3H3. The predicted octanol–water partition coefficient (Wildman–Crippen LogP) is 2.54. The molecule has 2 rings (SSSR count). The van der Waals surface area contributed by atoms with E-state index in [0.717, 1.165) is 15.7 Å². The molecule has 0 aliphatic carbocycles. The van der Waals surface area contributed by atoms with Crippen molar-refractivity contribution < 1.29 is 9.84 Å². The third-order valence-corrected chi connectivity index (χ3v) is 3.73. The number of anilines is 2. The highest BCUT2D eigenvalue weighted by atomic mass is 32.1. The van der Waals surface area contributed by atoms with Gasteiger partial charge in [0, 0.05) is 25.8 Å². The fourth-order valence-electron chi connectivity index (χ4n) is 1.59. The molecule has 1 aromatic carbocycles. The summed E-state index contributed by atoms with van der Waals surface area (Å²) < 4.78 is 5.27. The first-order valence-electron chi connectivity index (χ1n) is 5.84. The van der Waals surface area contributed by atoms with Crippen LogP contribution in [0.3, 0.4) is 0 Å². The van der Waals surface area contributed by atoms with Crippen molar-refractivity contribution in [3.8, 4) is 11.6 Å². The first-order valence-corrected chi connectivity index (χ1v) is 6.65. The fourth-order valence-corrected chi connectivity index (χ4v) is 2.48. The number of phenols is 1. The Labute approximate surface area is 116 Å². The lowest BCUT2D eigenvalue weighted by Gasteiger charge is -2.06. The molecule has 2 aromatic rings. The van der Waals surface area contributed by atoms with Gasteiger partial charge in [-0.2, -0.15) is 4.98 Å². The number of nitrogens with one attached hydrogen (secondary N) is 1. The van der Waals surface area contributed by atoms with Crippen molar-refractivity contribution in [2.75, 3.05) is 31.4 Å². The van der Waals surface area contributed by atoms with E-state index in [1.807, 2.05) is 25.1 Å². The molecule has 102 valence electrons. The number of aromatic nitrogens is 1. The Morgan fingerprint density at radius 2 is 2.21 bits per heavy atom. The highest BCUT2D eigenvalue weighted by molar-refractivity contribution is 7.15. The quantitative estimate of drug-likeness (QED) is 0.881. The topological polar surface area (TPSA) is 57.6 Å². The van der Waals surface area contributed by atoms with Crippen LogP contribution >= 0.6 is 11.3 Å². The van der Waals surface area contributed by atoms with Gasteiger partial charge in [-0.15, -0.1) is 0 Å². The first kappa shape index (κ1) is 13.5. The average molecular weight is 279 g/mol. The molecule has 0 amide bonds. The minimum absolute atomic E-state index is 0.246. The van der Waals surface area contributed by atoms with Crippen LogP contribution in [-0.2, 0) is 6.54 Å². The minimum atomic E-state index is 0.246. The van der Waals surface area contributed by atoms with E-state index < -0.39 is 0 Å². The maximum Gasteiger partial charge on any atom is 0.231 e. The van der Waals surface area contributed by atoms with Crippen LogP contribution < -0.4 is 15.0 Å². The molecule has 5 nitrogen and oxygen atoms in total. The smallest absolute Gasteiger partial charge is 0.231 e. The SMILES string of the molecule is COc1nc(N(C)C)sc1CNc1cccc(O)c1. The van der Waals surface area contributed by atoms with Gasteiger partial charge in [0.2, 0.25) is 5.88 Å². The zero-order valence-electron chi connectivity index (χ0n) is 11.2. The van der Waals surface area contributed by atoms with E-state index in [2.05, 4.69) is 10.3 Å². The Balaban J connectivity index is 2.10. The van der Waals surface area contributed by atoms with Crippen molar-refractivity contribution in [2.24, 2.45) is 0 Å². The number of nitrogens with zero attached hydrogens (tertiary/aromatic N) is 2. The Morgan fingerprint density at radius 1 is 1.42 bits per heavy atom. The molecule has 0 spiro atoms. The number of hydrogen-bond donors (Lipinski definition) is 2. The Kier molecular flexibility index (Phi) is 4.11. The lowest BCUT2D eigenvalue weighted by molar-refractivity contribution is 0.397. The Hall–Kier alpha value is -1.95. The van der Waals surface area contributed by atoms with Crippen molar-refractivity contribution >= 4 is 22.2 Å². The van der Waals surface area contributed by atoms with Crippen LogP contribution in [0.5, 0.6) is 11.6 Å². The molecule has 0 atom stereocenters. The van der Waals surface area contributed by atoms with Gasteiger partial charge >= 0.3 is 0 Å². The van der Waals surface area contributed by atoms with Gasteiger partial charge < -0.3 is 20.1 Å². The summed E-state index contributed by atoms with van der Waals surface area (Å²) >= 11 is 1.58. The summed E-state index contributed by atoms with van der Waals surface area (Å²) in [5.74, 6) is 0.886. The van der Waals surface area contributed by atoms with Gasteiger partial charge in [0.1, 0.15) is 5.75 Å². The van der Waals surface area contributed by atoms with E-state index >= 15 is 0 Å². The summed E-state index contributed by atoms with van der Waals surface area (Å²) in [6.45, 7) is 0.609. The van der Waals surface area contributed by atoms with Gasteiger partial charge in [-0.25, -0.2) is 0 Å². The van der Waals surface area contributed by atoms with Crippen molar-refractivity contribution in [1.82, 2.24) is 4.98 Å². The van der Waals surface area contributed by atoms with Gasteiger partial charge in [-0.3, -0.25) is 0 Å². The molecule has 6 heteroatoms. The van der Waals surface area contributed by atoms with Crippen LogP contribution in [0.25, 0.3) is 0 Å². The van der Waals surface area contributed by atoms with Crippen LogP contribution in [0, 0.1) is 0 Å². The molecule has 0 saturated carbocycles. The van der Waals surface area contributed by atoms with Crippen LogP contribution in [0.2, 0.25) is 0 Å². The van der Waals surface area contributed by atoms with Crippen molar-refractivity contribution in [1.29, 1.82) is 0 Å². The minimum Gasteiger partial charge on any atom is -0.508 e. The zero-order chi connectivity index (χ0) is 13.8. The number of rotatable bonds is 5. The van der Waals surface area contributed by atoms with Gasteiger partial charge in [-0.1, -0.05) is 17.4 Å². The molecule has 19 heavy (non-hydrogen) atoms. The second-order valence-electron chi connectivity index (χ2n) is 4.23. The number of thiazole rings is 1. The summed E-state index contributed by atoms with van der Waals surface area (Å²) in [6.07, 6.45) is 0. The van der Waals surface area contributed by atoms with E-state index in [0.29, 0.717) is 12.4 Å². The van der Waals surface area contributed by atoms with E-state index in [9.17, 15) is 5.11 Å². The number of methoxy groups -OCH3 is 1. The first-order chi connectivity index (χ1) is 9.10. The summed E-state index contributed by atoms with van der Waals surface area (Å²) in [4.78, 5) is 7.36. The molecule has 0 bridgehead atoms. The van der Waals surface area contributed by atoms with E-state index in [1.165, 1.54) is 0 Å². The molecule has 0 radical (unpaired) electrons. The van der Waals surface area contributed by atoms with Crippen LogP contribution in [-0.4, -0.2) is 31.3 Å². The average Bonchev–Trinajstić information content (AvgIpc) is 2.80. The Bertz CT molecular complexity index is 555. The molecule has 0 aliphatic heterocycles. The largest absolute Gasteiger partial charge is 0.508 e. The van der Waals surface area contributed by atoms with Gasteiger partial charge in [-0.05, 0) is 12.1 Å². The maximum absolute atomic E-state index is 9.41. The zero-order valence-corrected chi connectivity index (χ0v) is 12.0. The Morgan fingerprint density at radius 3 is 2.84 bits per heavy atom. The highest BCUT2D eigenvalue weighted by Crippen LogP contribution is 2.31. The second kappa shape index (κ2) is 5.79. The number of hydrogen-bond acceptors (Lipinski definition) is 6. The summed E-state index contributed by atoms with van der Waals surface area (Å²) in [5.41, 5.74) is 0.863. The number of aromatic hydroxyl groups is 1. The molecular formula is C13H17N3O2S. The summed E-state index contributed by atoms with van der Waals surface area (Å²) in [6, 6.07) is 7.02. The molecule has 1 heterocycles. The van der Waals surface area contributed by atoms with Crippen LogP contribution in [0.15, 0.2) is 24.3 Å². The summed E-state index contributed by atoms with van der Waals surface area (Å²) in [5, 5.41) is 13.6. The number of benzene rings is 1. The monoisotopic (exact) mass is 279 g/mol. The number of ether oxygens (including phenoxy) is 1. The van der Waals surface area contributed by atoms with Crippen LogP contribution in [0.4, 0.5) is 10.8 Å². The van der Waals surface area contributed by atoms with E-state index in [1.54, 1.807) is 36.6 Å². The summed E-state index contributed by atoms with van der Waals surface area (Å²) in [7, 11) is 5.52. The lowest BCUT2D eigenvalue weighted by atomic mass is 10.3.